The van der Waals surface area contributed by atoms with Gasteiger partial charge in [-0.1, -0.05) is 0 Å². The Balaban J connectivity index is 1.95. The van der Waals surface area contributed by atoms with Gasteiger partial charge in [0.2, 0.25) is 0 Å². The maximum Gasteiger partial charge on any atom is 0.143 e. The summed E-state index contributed by atoms with van der Waals surface area (Å²) in [5.74, 6) is 2.30. The molecule has 3 unspecified atom stereocenters. The van der Waals surface area contributed by atoms with Crippen LogP contribution in [0.25, 0.3) is 0 Å². The molecule has 4 nitrogen and oxygen atoms in total. The van der Waals surface area contributed by atoms with Crippen LogP contribution in [-0.4, -0.2) is 29.2 Å². The molecular weight excluding hydrogens is 329 g/mol. The van der Waals surface area contributed by atoms with Crippen molar-refractivity contribution in [1.82, 2.24) is 9.97 Å². The van der Waals surface area contributed by atoms with Crippen LogP contribution in [0.15, 0.2) is 0 Å². The summed E-state index contributed by atoms with van der Waals surface area (Å²) >= 11 is 2.29. The van der Waals surface area contributed by atoms with Crippen LogP contribution in [0, 0.1) is 10.5 Å². The number of hydrogen-bond donors (Lipinski definition) is 1. The van der Waals surface area contributed by atoms with Crippen LogP contribution in [0.1, 0.15) is 36.7 Å². The summed E-state index contributed by atoms with van der Waals surface area (Å²) in [6, 6.07) is 0. The number of nitrogens with one attached hydrogen (secondary N) is 1. The fourth-order valence-electron chi connectivity index (χ4n) is 2.82. The molecule has 0 aliphatic carbocycles. The van der Waals surface area contributed by atoms with Crippen molar-refractivity contribution in [3.8, 4) is 0 Å². The topological polar surface area (TPSA) is 47.0 Å². The van der Waals surface area contributed by atoms with E-state index in [1.807, 2.05) is 14.0 Å². The average Bonchev–Trinajstić information content (AvgIpc) is 2.94. The molecule has 2 fully saturated rings. The second-order valence-corrected chi connectivity index (χ2v) is 5.87. The smallest absolute Gasteiger partial charge is 0.143 e. The number of halogens is 1. The normalized spacial score (nSPS) is 30.9. The molecule has 2 aliphatic heterocycles. The van der Waals surface area contributed by atoms with Gasteiger partial charge in [-0.25, -0.2) is 9.97 Å². The predicted octanol–water partition coefficient (Wildman–Crippen LogP) is 2.47. The third-order valence-electron chi connectivity index (χ3n) is 3.71. The molecule has 0 saturated carbocycles. The zero-order valence-electron chi connectivity index (χ0n) is 10.0. The lowest BCUT2D eigenvalue weighted by molar-refractivity contribution is 0.0998. The summed E-state index contributed by atoms with van der Waals surface area (Å²) in [5, 5.41) is 3.14. The Morgan fingerprint density at radius 1 is 1.35 bits per heavy atom. The molecule has 1 aromatic heterocycles. The summed E-state index contributed by atoms with van der Waals surface area (Å²) < 4.78 is 6.99. The molecule has 0 aromatic carbocycles. The van der Waals surface area contributed by atoms with Crippen molar-refractivity contribution in [3.63, 3.8) is 0 Å². The molecule has 2 aliphatic rings. The minimum absolute atomic E-state index is 0.351. The average molecular weight is 345 g/mol. The summed E-state index contributed by atoms with van der Waals surface area (Å²) in [5.41, 5.74) is 1.06. The molecule has 17 heavy (non-hydrogen) atoms. The Kier molecular flexibility index (Phi) is 2.98. The molecule has 92 valence electrons. The van der Waals surface area contributed by atoms with Gasteiger partial charge in [-0.3, -0.25) is 0 Å². The Morgan fingerprint density at radius 2 is 2.18 bits per heavy atom. The van der Waals surface area contributed by atoms with E-state index in [2.05, 4.69) is 37.9 Å². The van der Waals surface area contributed by atoms with E-state index in [1.165, 1.54) is 12.8 Å². The Hall–Kier alpha value is -0.430. The molecule has 0 spiro atoms. The Bertz CT molecular complexity index is 452. The maximum atomic E-state index is 5.88. The van der Waals surface area contributed by atoms with Gasteiger partial charge in [0.25, 0.3) is 0 Å². The SMILES string of the molecule is CNc1nc(C2CC3CCC2O3)nc(C)c1I. The van der Waals surface area contributed by atoms with Gasteiger partial charge in [-0.15, -0.1) is 0 Å². The van der Waals surface area contributed by atoms with Crippen LogP contribution < -0.4 is 5.32 Å². The Morgan fingerprint density at radius 3 is 2.76 bits per heavy atom. The van der Waals surface area contributed by atoms with Gasteiger partial charge >= 0.3 is 0 Å². The van der Waals surface area contributed by atoms with Crippen LogP contribution in [0.3, 0.4) is 0 Å². The van der Waals surface area contributed by atoms with Crippen molar-refractivity contribution in [2.24, 2.45) is 0 Å². The molecule has 3 rings (SSSR count). The standard InChI is InChI=1S/C12H16IN3O/c1-6-10(13)12(14-2)16-11(15-6)8-5-7-3-4-9(8)17-7/h7-9H,3-5H2,1-2H3,(H,14,15,16). The number of aryl methyl sites for hydroxylation is 1. The molecule has 0 radical (unpaired) electrons. The molecule has 1 N–H and O–H groups in total. The van der Waals surface area contributed by atoms with Gasteiger partial charge < -0.3 is 10.1 Å². The first-order chi connectivity index (χ1) is 8.19. The first-order valence-electron chi connectivity index (χ1n) is 6.06. The van der Waals surface area contributed by atoms with Crippen molar-refractivity contribution in [2.45, 2.75) is 44.3 Å². The van der Waals surface area contributed by atoms with E-state index in [0.717, 1.165) is 27.3 Å². The number of hydrogen-bond acceptors (Lipinski definition) is 4. The van der Waals surface area contributed by atoms with Crippen molar-refractivity contribution in [1.29, 1.82) is 0 Å². The number of fused-ring (bicyclic) bond motifs is 2. The second kappa shape index (κ2) is 4.35. The molecule has 3 heterocycles. The minimum atomic E-state index is 0.351. The van der Waals surface area contributed by atoms with Crippen molar-refractivity contribution in [3.05, 3.63) is 15.1 Å². The molecule has 2 bridgehead atoms. The summed E-state index contributed by atoms with van der Waals surface area (Å²) in [6.45, 7) is 2.04. The lowest BCUT2D eigenvalue weighted by Gasteiger charge is -2.18. The highest BCUT2D eigenvalue weighted by Crippen LogP contribution is 2.43. The van der Waals surface area contributed by atoms with Crippen LogP contribution in [0.2, 0.25) is 0 Å². The molecule has 1 aromatic rings. The largest absolute Gasteiger partial charge is 0.374 e. The minimum Gasteiger partial charge on any atom is -0.374 e. The van der Waals surface area contributed by atoms with Crippen LogP contribution in [-0.2, 0) is 4.74 Å². The van der Waals surface area contributed by atoms with Gasteiger partial charge in [0.05, 0.1) is 21.5 Å². The van der Waals surface area contributed by atoms with Crippen molar-refractivity contribution >= 4 is 28.4 Å². The van der Waals surface area contributed by atoms with Gasteiger partial charge in [-0.2, -0.15) is 0 Å². The van der Waals surface area contributed by atoms with Crippen LogP contribution in [0.4, 0.5) is 5.82 Å². The first kappa shape index (κ1) is 11.6. The number of ether oxygens (including phenoxy) is 1. The Labute approximate surface area is 115 Å². The van der Waals surface area contributed by atoms with Gasteiger partial charge in [0.15, 0.2) is 0 Å². The highest BCUT2D eigenvalue weighted by atomic mass is 127. The van der Waals surface area contributed by atoms with Crippen molar-refractivity contribution in [2.75, 3.05) is 12.4 Å². The van der Waals surface area contributed by atoms with Gasteiger partial charge in [-0.05, 0) is 48.8 Å². The van der Waals surface area contributed by atoms with Crippen LogP contribution in [0.5, 0.6) is 0 Å². The zero-order chi connectivity index (χ0) is 12.0. The number of nitrogens with zero attached hydrogens (tertiary/aromatic N) is 2. The fraction of sp³-hybridized carbons (Fsp3) is 0.667. The zero-order valence-corrected chi connectivity index (χ0v) is 12.2. The molecule has 0 amide bonds. The fourth-order valence-corrected chi connectivity index (χ4v) is 3.33. The third kappa shape index (κ3) is 1.93. The molecule has 3 atom stereocenters. The van der Waals surface area contributed by atoms with E-state index >= 15 is 0 Å². The number of aromatic nitrogens is 2. The second-order valence-electron chi connectivity index (χ2n) is 4.80. The number of anilines is 1. The highest BCUT2D eigenvalue weighted by Gasteiger charge is 2.43. The van der Waals surface area contributed by atoms with Gasteiger partial charge in [0, 0.05) is 13.0 Å². The van der Waals surface area contributed by atoms with E-state index in [4.69, 9.17) is 4.74 Å². The molecular formula is C12H16IN3O. The van der Waals surface area contributed by atoms with Crippen LogP contribution >= 0.6 is 22.6 Å². The van der Waals surface area contributed by atoms with E-state index in [1.54, 1.807) is 0 Å². The predicted molar refractivity (Wildman–Crippen MR) is 74.3 cm³/mol. The first-order valence-corrected chi connectivity index (χ1v) is 7.14. The monoisotopic (exact) mass is 345 g/mol. The maximum absolute atomic E-state index is 5.88. The van der Waals surface area contributed by atoms with Gasteiger partial charge in [0.1, 0.15) is 11.6 Å². The van der Waals surface area contributed by atoms with E-state index in [-0.39, 0.29) is 0 Å². The number of rotatable bonds is 2. The molecule has 5 heteroatoms. The summed E-state index contributed by atoms with van der Waals surface area (Å²) in [6.07, 6.45) is 4.27. The van der Waals surface area contributed by atoms with E-state index < -0.39 is 0 Å². The lowest BCUT2D eigenvalue weighted by atomic mass is 9.88. The summed E-state index contributed by atoms with van der Waals surface area (Å²) in [7, 11) is 1.91. The highest BCUT2D eigenvalue weighted by molar-refractivity contribution is 14.1. The van der Waals surface area contributed by atoms with Crippen molar-refractivity contribution < 1.29 is 4.74 Å². The quantitative estimate of drug-likeness (QED) is 0.837. The summed E-state index contributed by atoms with van der Waals surface area (Å²) in [4.78, 5) is 9.29. The van der Waals surface area contributed by atoms with E-state index in [0.29, 0.717) is 18.1 Å². The van der Waals surface area contributed by atoms with E-state index in [9.17, 15) is 0 Å². The molecule has 2 saturated heterocycles. The third-order valence-corrected chi connectivity index (χ3v) is 5.00. The lowest BCUT2D eigenvalue weighted by Crippen LogP contribution is -2.18.